The van der Waals surface area contributed by atoms with Crippen LogP contribution in [0, 0.1) is 6.92 Å². The third-order valence-electron chi connectivity index (χ3n) is 4.14. The summed E-state index contributed by atoms with van der Waals surface area (Å²) in [5.74, 6) is 0. The summed E-state index contributed by atoms with van der Waals surface area (Å²) in [5.41, 5.74) is 3.57. The van der Waals surface area contributed by atoms with Gasteiger partial charge in [-0.3, -0.25) is 5.32 Å². The number of rotatable bonds is 2. The molecule has 0 unspecified atom stereocenters. The standard InChI is InChI=1S/C19H17ClN2S/c1-12-7-10-17(23-12)19-21-16-9-8-14(20)11-15(16)18(22-19)13-5-3-2-4-6-13/h2-11,18-19,21-22H,1H3/t18-,19-/m0/s1. The number of aryl methyl sites for hydroxylation is 1. The fourth-order valence-corrected chi connectivity index (χ4v) is 4.11. The van der Waals surface area contributed by atoms with Crippen LogP contribution in [0.15, 0.2) is 60.7 Å². The number of anilines is 1. The Kier molecular flexibility index (Phi) is 3.85. The van der Waals surface area contributed by atoms with E-state index in [1.807, 2.05) is 29.5 Å². The van der Waals surface area contributed by atoms with Crippen molar-refractivity contribution >= 4 is 28.6 Å². The second-order valence-electron chi connectivity index (χ2n) is 5.77. The van der Waals surface area contributed by atoms with Gasteiger partial charge in [-0.15, -0.1) is 11.3 Å². The summed E-state index contributed by atoms with van der Waals surface area (Å²) in [6.07, 6.45) is 0.104. The van der Waals surface area contributed by atoms with E-state index in [9.17, 15) is 0 Å². The molecule has 2 aromatic carbocycles. The first-order valence-electron chi connectivity index (χ1n) is 7.64. The van der Waals surface area contributed by atoms with Crippen molar-refractivity contribution in [1.29, 1.82) is 0 Å². The molecule has 2 atom stereocenters. The number of fused-ring (bicyclic) bond motifs is 1. The third-order valence-corrected chi connectivity index (χ3v) is 5.44. The lowest BCUT2D eigenvalue weighted by atomic mass is 9.94. The van der Waals surface area contributed by atoms with Gasteiger partial charge < -0.3 is 5.32 Å². The van der Waals surface area contributed by atoms with Crippen LogP contribution >= 0.6 is 22.9 Å². The molecular weight excluding hydrogens is 324 g/mol. The molecule has 2 heterocycles. The monoisotopic (exact) mass is 340 g/mol. The smallest absolute Gasteiger partial charge is 0.113 e. The van der Waals surface area contributed by atoms with Crippen molar-refractivity contribution in [3.8, 4) is 0 Å². The maximum absolute atomic E-state index is 6.23. The first kappa shape index (κ1) is 14.8. The minimum atomic E-state index is 0.104. The van der Waals surface area contributed by atoms with Gasteiger partial charge in [0, 0.05) is 20.5 Å². The summed E-state index contributed by atoms with van der Waals surface area (Å²) in [4.78, 5) is 2.62. The number of hydrogen-bond acceptors (Lipinski definition) is 3. The molecule has 0 bridgehead atoms. The molecule has 1 aliphatic heterocycles. The summed E-state index contributed by atoms with van der Waals surface area (Å²) in [5, 5.41) is 8.08. The molecule has 0 aliphatic carbocycles. The molecule has 2 nitrogen and oxygen atoms in total. The average Bonchev–Trinajstić information content (AvgIpc) is 3.01. The van der Waals surface area contributed by atoms with Gasteiger partial charge >= 0.3 is 0 Å². The zero-order chi connectivity index (χ0) is 15.8. The van der Waals surface area contributed by atoms with Crippen molar-refractivity contribution < 1.29 is 0 Å². The normalized spacial score (nSPS) is 19.9. The Hall–Kier alpha value is -1.81. The van der Waals surface area contributed by atoms with Crippen molar-refractivity contribution in [2.45, 2.75) is 19.1 Å². The average molecular weight is 341 g/mol. The summed E-state index contributed by atoms with van der Waals surface area (Å²) in [7, 11) is 0. The SMILES string of the molecule is Cc1ccc([C@H]2Nc3ccc(Cl)cc3[C@H](c3ccccc3)N2)s1. The Labute approximate surface area is 145 Å². The number of halogens is 1. The minimum Gasteiger partial charge on any atom is -0.365 e. The Balaban J connectivity index is 1.79. The van der Waals surface area contributed by atoms with Crippen LogP contribution in [-0.4, -0.2) is 0 Å². The maximum Gasteiger partial charge on any atom is 0.113 e. The molecule has 0 saturated carbocycles. The van der Waals surface area contributed by atoms with Crippen molar-refractivity contribution in [3.63, 3.8) is 0 Å². The van der Waals surface area contributed by atoms with E-state index in [4.69, 9.17) is 11.6 Å². The van der Waals surface area contributed by atoms with Gasteiger partial charge in [-0.2, -0.15) is 0 Å². The van der Waals surface area contributed by atoms with Crippen molar-refractivity contribution in [1.82, 2.24) is 5.32 Å². The first-order chi connectivity index (χ1) is 11.2. The molecule has 0 radical (unpaired) electrons. The van der Waals surface area contributed by atoms with E-state index in [0.717, 1.165) is 10.7 Å². The molecule has 116 valence electrons. The summed E-state index contributed by atoms with van der Waals surface area (Å²) in [6.45, 7) is 2.14. The molecule has 1 aromatic heterocycles. The summed E-state index contributed by atoms with van der Waals surface area (Å²) >= 11 is 8.05. The van der Waals surface area contributed by atoms with E-state index in [2.05, 4.69) is 60.0 Å². The lowest BCUT2D eigenvalue weighted by Crippen LogP contribution is -2.36. The van der Waals surface area contributed by atoms with Crippen LogP contribution in [-0.2, 0) is 0 Å². The highest BCUT2D eigenvalue weighted by atomic mass is 35.5. The molecule has 0 fully saturated rings. The Morgan fingerprint density at radius 1 is 1.00 bits per heavy atom. The lowest BCUT2D eigenvalue weighted by molar-refractivity contribution is 0.512. The minimum absolute atomic E-state index is 0.104. The highest BCUT2D eigenvalue weighted by Gasteiger charge is 2.28. The Bertz CT molecular complexity index is 828. The van der Waals surface area contributed by atoms with E-state index in [0.29, 0.717) is 0 Å². The van der Waals surface area contributed by atoms with Gasteiger partial charge in [0.05, 0.1) is 6.04 Å². The quantitative estimate of drug-likeness (QED) is 0.642. The van der Waals surface area contributed by atoms with Crippen molar-refractivity contribution in [2.24, 2.45) is 0 Å². The highest BCUT2D eigenvalue weighted by Crippen LogP contribution is 2.39. The van der Waals surface area contributed by atoms with Gasteiger partial charge in [-0.05, 0) is 48.4 Å². The van der Waals surface area contributed by atoms with E-state index < -0.39 is 0 Å². The van der Waals surface area contributed by atoms with E-state index >= 15 is 0 Å². The largest absolute Gasteiger partial charge is 0.365 e. The number of nitrogens with one attached hydrogen (secondary N) is 2. The van der Waals surface area contributed by atoms with Crippen LogP contribution in [0.5, 0.6) is 0 Å². The summed E-state index contributed by atoms with van der Waals surface area (Å²) < 4.78 is 0. The van der Waals surface area contributed by atoms with Gasteiger partial charge in [0.2, 0.25) is 0 Å². The van der Waals surface area contributed by atoms with Gasteiger partial charge in [-0.25, -0.2) is 0 Å². The van der Waals surface area contributed by atoms with Crippen molar-refractivity contribution in [3.05, 3.63) is 86.6 Å². The topological polar surface area (TPSA) is 24.1 Å². The fraction of sp³-hybridized carbons (Fsp3) is 0.158. The van der Waals surface area contributed by atoms with Gasteiger partial charge in [0.15, 0.2) is 0 Å². The molecule has 0 spiro atoms. The molecule has 1 aliphatic rings. The molecule has 23 heavy (non-hydrogen) atoms. The number of thiophene rings is 1. The van der Waals surface area contributed by atoms with Crippen LogP contribution in [0.3, 0.4) is 0 Å². The Morgan fingerprint density at radius 3 is 2.57 bits per heavy atom. The fourth-order valence-electron chi connectivity index (χ4n) is 3.04. The predicted molar refractivity (Wildman–Crippen MR) is 98.3 cm³/mol. The van der Waals surface area contributed by atoms with Crippen LogP contribution < -0.4 is 10.6 Å². The highest BCUT2D eigenvalue weighted by molar-refractivity contribution is 7.12. The number of hydrogen-bond donors (Lipinski definition) is 2. The molecule has 0 saturated heterocycles. The van der Waals surface area contributed by atoms with E-state index in [1.54, 1.807) is 0 Å². The molecule has 4 heteroatoms. The Morgan fingerprint density at radius 2 is 1.83 bits per heavy atom. The molecule has 2 N–H and O–H groups in total. The molecule has 3 aromatic rings. The van der Waals surface area contributed by atoms with Gasteiger partial charge in [-0.1, -0.05) is 41.9 Å². The third kappa shape index (κ3) is 2.88. The second-order valence-corrected chi connectivity index (χ2v) is 7.52. The lowest BCUT2D eigenvalue weighted by Gasteiger charge is -2.34. The van der Waals surface area contributed by atoms with Crippen LogP contribution in [0.2, 0.25) is 5.02 Å². The van der Waals surface area contributed by atoms with Crippen LogP contribution in [0.1, 0.15) is 33.1 Å². The van der Waals surface area contributed by atoms with Gasteiger partial charge in [0.1, 0.15) is 6.17 Å². The van der Waals surface area contributed by atoms with E-state index in [1.165, 1.54) is 20.9 Å². The van der Waals surface area contributed by atoms with Crippen LogP contribution in [0.25, 0.3) is 0 Å². The maximum atomic E-state index is 6.23. The van der Waals surface area contributed by atoms with Crippen LogP contribution in [0.4, 0.5) is 5.69 Å². The number of benzene rings is 2. The van der Waals surface area contributed by atoms with E-state index in [-0.39, 0.29) is 12.2 Å². The molecular formula is C19H17ClN2S. The predicted octanol–water partition coefficient (Wildman–Crippen LogP) is 5.51. The molecule has 0 amide bonds. The van der Waals surface area contributed by atoms with Gasteiger partial charge in [0.25, 0.3) is 0 Å². The zero-order valence-electron chi connectivity index (χ0n) is 12.7. The van der Waals surface area contributed by atoms with Crippen molar-refractivity contribution in [2.75, 3.05) is 5.32 Å². The summed E-state index contributed by atoms with van der Waals surface area (Å²) in [6, 6.07) is 21.0. The molecule has 4 rings (SSSR count). The zero-order valence-corrected chi connectivity index (χ0v) is 14.3. The second kappa shape index (κ2) is 6.00. The first-order valence-corrected chi connectivity index (χ1v) is 8.83.